The molecule has 0 aliphatic heterocycles. The minimum absolute atomic E-state index is 0.00991. The van der Waals surface area contributed by atoms with Crippen LogP contribution in [0.5, 0.6) is 0 Å². The molecular weight excluding hydrogens is 342 g/mol. The molecule has 0 radical (unpaired) electrons. The largest absolute Gasteiger partial charge is 0.350 e. The van der Waals surface area contributed by atoms with E-state index in [9.17, 15) is 9.59 Å². The lowest BCUT2D eigenvalue weighted by molar-refractivity contribution is -0.121. The maximum absolute atomic E-state index is 12.0. The second-order valence-electron chi connectivity index (χ2n) is 5.10. The van der Waals surface area contributed by atoms with Crippen molar-refractivity contribution in [2.75, 3.05) is 0 Å². The van der Waals surface area contributed by atoms with Crippen LogP contribution in [-0.4, -0.2) is 11.7 Å². The van der Waals surface area contributed by atoms with Crippen molar-refractivity contribution in [1.29, 1.82) is 0 Å². The van der Waals surface area contributed by atoms with Crippen molar-refractivity contribution in [3.63, 3.8) is 0 Å². The first-order valence-electron chi connectivity index (χ1n) is 7.20. The predicted molar refractivity (Wildman–Crippen MR) is 90.7 cm³/mol. The molecule has 4 heteroatoms. The van der Waals surface area contributed by atoms with E-state index >= 15 is 0 Å². The van der Waals surface area contributed by atoms with E-state index in [0.29, 0.717) is 5.56 Å². The third-order valence-corrected chi connectivity index (χ3v) is 4.15. The molecule has 0 unspecified atom stereocenters. The number of carbonyl (C=O) groups excluding carboxylic acids is 2. The number of benzene rings is 2. The summed E-state index contributed by atoms with van der Waals surface area (Å²) in [4.78, 5) is 24.0. The molecule has 0 aliphatic carbocycles. The molecule has 0 bridgehead atoms. The fourth-order valence-electron chi connectivity index (χ4n) is 2.21. The zero-order valence-electron chi connectivity index (χ0n) is 12.4. The van der Waals surface area contributed by atoms with Gasteiger partial charge < -0.3 is 5.32 Å². The first-order chi connectivity index (χ1) is 10.6. The van der Waals surface area contributed by atoms with E-state index in [0.717, 1.165) is 10.0 Å². The highest BCUT2D eigenvalue weighted by Crippen LogP contribution is 2.22. The summed E-state index contributed by atoms with van der Waals surface area (Å²) in [5.74, 6) is -0.128. The first-order valence-corrected chi connectivity index (χ1v) is 7.99. The summed E-state index contributed by atoms with van der Waals surface area (Å²) in [6.45, 7) is 1.93. The van der Waals surface area contributed by atoms with Gasteiger partial charge in [0.1, 0.15) is 0 Å². The fraction of sp³-hybridized carbons (Fsp3) is 0.222. The van der Waals surface area contributed by atoms with Gasteiger partial charge in [-0.3, -0.25) is 9.59 Å². The number of amides is 1. The van der Waals surface area contributed by atoms with Crippen molar-refractivity contribution in [1.82, 2.24) is 5.32 Å². The standard InChI is InChI=1S/C18H18BrNO2/c1-13(15-9-5-6-10-16(15)19)20-18(22)12-11-17(21)14-7-3-2-4-8-14/h2-10,13H,11-12H2,1H3,(H,20,22)/t13-/m0/s1. The number of ketones is 1. The third kappa shape index (κ3) is 4.53. The van der Waals surface area contributed by atoms with Crippen LogP contribution in [0, 0.1) is 0 Å². The van der Waals surface area contributed by atoms with Crippen LogP contribution >= 0.6 is 15.9 Å². The number of rotatable bonds is 6. The Morgan fingerprint density at radius 1 is 1.00 bits per heavy atom. The van der Waals surface area contributed by atoms with Gasteiger partial charge in [0.2, 0.25) is 5.91 Å². The molecule has 0 heterocycles. The first kappa shape index (κ1) is 16.4. The molecular formula is C18H18BrNO2. The van der Waals surface area contributed by atoms with Gasteiger partial charge in [0.05, 0.1) is 6.04 Å². The van der Waals surface area contributed by atoms with Gasteiger partial charge in [-0.2, -0.15) is 0 Å². The van der Waals surface area contributed by atoms with Crippen LogP contribution in [0.2, 0.25) is 0 Å². The molecule has 0 aliphatic rings. The molecule has 114 valence electrons. The lowest BCUT2D eigenvalue weighted by Crippen LogP contribution is -2.27. The van der Waals surface area contributed by atoms with E-state index in [1.165, 1.54) is 0 Å². The molecule has 2 aromatic rings. The van der Waals surface area contributed by atoms with Gasteiger partial charge in [-0.15, -0.1) is 0 Å². The Kier molecular flexibility index (Phi) is 5.90. The molecule has 0 spiro atoms. The fourth-order valence-corrected chi connectivity index (χ4v) is 2.84. The lowest BCUT2D eigenvalue weighted by atomic mass is 10.1. The van der Waals surface area contributed by atoms with Crippen molar-refractivity contribution < 1.29 is 9.59 Å². The summed E-state index contributed by atoms with van der Waals surface area (Å²) < 4.78 is 0.961. The van der Waals surface area contributed by atoms with Gasteiger partial charge in [-0.1, -0.05) is 64.5 Å². The Morgan fingerprint density at radius 2 is 1.64 bits per heavy atom. The Balaban J connectivity index is 1.86. The smallest absolute Gasteiger partial charge is 0.220 e. The second-order valence-corrected chi connectivity index (χ2v) is 5.95. The van der Waals surface area contributed by atoms with Crippen LogP contribution in [0.4, 0.5) is 0 Å². The van der Waals surface area contributed by atoms with Crippen molar-refractivity contribution in [2.24, 2.45) is 0 Å². The lowest BCUT2D eigenvalue weighted by Gasteiger charge is -2.15. The van der Waals surface area contributed by atoms with Crippen molar-refractivity contribution in [3.8, 4) is 0 Å². The molecule has 1 N–H and O–H groups in total. The van der Waals surface area contributed by atoms with E-state index in [4.69, 9.17) is 0 Å². The van der Waals surface area contributed by atoms with Crippen molar-refractivity contribution >= 4 is 27.6 Å². The average molecular weight is 360 g/mol. The van der Waals surface area contributed by atoms with Crippen LogP contribution in [0.1, 0.15) is 41.7 Å². The van der Waals surface area contributed by atoms with E-state index in [1.54, 1.807) is 12.1 Å². The topological polar surface area (TPSA) is 46.2 Å². The molecule has 1 atom stereocenters. The highest BCUT2D eigenvalue weighted by atomic mass is 79.9. The maximum Gasteiger partial charge on any atom is 0.220 e. The predicted octanol–water partition coefficient (Wildman–Crippen LogP) is 4.29. The van der Waals surface area contributed by atoms with Crippen LogP contribution in [-0.2, 0) is 4.79 Å². The quantitative estimate of drug-likeness (QED) is 0.782. The zero-order valence-corrected chi connectivity index (χ0v) is 14.0. The van der Waals surface area contributed by atoms with Gasteiger partial charge in [0, 0.05) is 22.9 Å². The third-order valence-electron chi connectivity index (χ3n) is 3.42. The van der Waals surface area contributed by atoms with Gasteiger partial charge >= 0.3 is 0 Å². The van der Waals surface area contributed by atoms with Crippen LogP contribution < -0.4 is 5.32 Å². The normalized spacial score (nSPS) is 11.7. The molecule has 2 rings (SSSR count). The number of carbonyl (C=O) groups is 2. The Bertz CT molecular complexity index is 655. The molecule has 0 saturated heterocycles. The van der Waals surface area contributed by atoms with Gasteiger partial charge in [0.25, 0.3) is 0 Å². The Hall–Kier alpha value is -1.94. The molecule has 3 nitrogen and oxygen atoms in total. The van der Waals surface area contributed by atoms with E-state index in [-0.39, 0.29) is 30.6 Å². The van der Waals surface area contributed by atoms with E-state index in [1.807, 2.05) is 49.4 Å². The number of hydrogen-bond donors (Lipinski definition) is 1. The molecule has 0 aromatic heterocycles. The number of nitrogens with one attached hydrogen (secondary N) is 1. The summed E-state index contributed by atoms with van der Waals surface area (Å²) in [5.41, 5.74) is 1.67. The summed E-state index contributed by atoms with van der Waals surface area (Å²) in [6.07, 6.45) is 0.418. The number of hydrogen-bond acceptors (Lipinski definition) is 2. The maximum atomic E-state index is 12.0. The summed E-state index contributed by atoms with van der Waals surface area (Å²) >= 11 is 3.47. The summed E-state index contributed by atoms with van der Waals surface area (Å²) in [7, 11) is 0. The highest BCUT2D eigenvalue weighted by molar-refractivity contribution is 9.10. The van der Waals surface area contributed by atoms with Crippen molar-refractivity contribution in [2.45, 2.75) is 25.8 Å². The zero-order chi connectivity index (χ0) is 15.9. The van der Waals surface area contributed by atoms with Gasteiger partial charge in [-0.05, 0) is 18.6 Å². The minimum Gasteiger partial charge on any atom is -0.350 e. The molecule has 0 saturated carbocycles. The Morgan fingerprint density at radius 3 is 2.32 bits per heavy atom. The number of Topliss-reactive ketones (excluding diaryl/α,β-unsaturated/α-hetero) is 1. The summed E-state index contributed by atoms with van der Waals surface area (Å²) in [6, 6.07) is 16.7. The molecule has 2 aromatic carbocycles. The SMILES string of the molecule is C[C@H](NC(=O)CCC(=O)c1ccccc1)c1ccccc1Br. The second kappa shape index (κ2) is 7.90. The average Bonchev–Trinajstić information content (AvgIpc) is 2.53. The minimum atomic E-state index is -0.118. The molecule has 22 heavy (non-hydrogen) atoms. The van der Waals surface area contributed by atoms with Gasteiger partial charge in [0.15, 0.2) is 5.78 Å². The highest BCUT2D eigenvalue weighted by Gasteiger charge is 2.13. The molecule has 0 fully saturated rings. The summed E-state index contributed by atoms with van der Waals surface area (Å²) in [5, 5.41) is 2.92. The van der Waals surface area contributed by atoms with E-state index in [2.05, 4.69) is 21.2 Å². The van der Waals surface area contributed by atoms with E-state index < -0.39 is 0 Å². The van der Waals surface area contributed by atoms with Crippen LogP contribution in [0.25, 0.3) is 0 Å². The van der Waals surface area contributed by atoms with Crippen LogP contribution in [0.15, 0.2) is 59.1 Å². The Labute approximate surface area is 138 Å². The molecule has 1 amide bonds. The van der Waals surface area contributed by atoms with Gasteiger partial charge in [-0.25, -0.2) is 0 Å². The monoisotopic (exact) mass is 359 g/mol. The van der Waals surface area contributed by atoms with Crippen LogP contribution in [0.3, 0.4) is 0 Å². The number of halogens is 1. The van der Waals surface area contributed by atoms with Crippen molar-refractivity contribution in [3.05, 3.63) is 70.2 Å².